The third-order valence-electron chi connectivity index (χ3n) is 12.5. The molecule has 3 aliphatic rings. The largest absolute Gasteiger partial charge is 0.316 e. The second kappa shape index (κ2) is 17.7. The van der Waals surface area contributed by atoms with E-state index in [1.807, 2.05) is 0 Å². The molecule has 1 heteroatoms. The zero-order chi connectivity index (χ0) is 35.6. The van der Waals surface area contributed by atoms with Gasteiger partial charge in [-0.25, -0.2) is 0 Å². The lowest BCUT2D eigenvalue weighted by atomic mass is 9.61. The molecule has 3 atom stereocenters. The lowest BCUT2D eigenvalue weighted by Crippen LogP contribution is -2.73. The van der Waals surface area contributed by atoms with Crippen molar-refractivity contribution in [3.8, 4) is 0 Å². The van der Waals surface area contributed by atoms with Gasteiger partial charge in [-0.2, -0.15) is 0 Å². The SMILES string of the molecule is C=C(/C=C/C=C/C=C1\C(C)C2=CC=C3C=CC=CC3C2C1(CCCC)CCCC)C(CCCC)(CCCC)c1c([NH2+]C)ccc2ccccc12. The Hall–Kier alpha value is -3.42. The summed E-state index contributed by atoms with van der Waals surface area (Å²) in [5, 5.41) is 5.02. The van der Waals surface area contributed by atoms with Gasteiger partial charge < -0.3 is 5.32 Å². The van der Waals surface area contributed by atoms with Crippen molar-refractivity contribution in [2.75, 3.05) is 7.05 Å². The highest BCUT2D eigenvalue weighted by Crippen LogP contribution is 2.64. The summed E-state index contributed by atoms with van der Waals surface area (Å²) >= 11 is 0. The summed E-state index contributed by atoms with van der Waals surface area (Å²) in [4.78, 5) is 0. The molecule has 2 aromatic rings. The number of hydrogen-bond donors (Lipinski definition) is 1. The van der Waals surface area contributed by atoms with Crippen LogP contribution in [-0.2, 0) is 5.41 Å². The van der Waals surface area contributed by atoms with Gasteiger partial charge in [0, 0.05) is 22.8 Å². The third-order valence-corrected chi connectivity index (χ3v) is 12.5. The molecule has 3 aliphatic carbocycles. The predicted molar refractivity (Wildman–Crippen MR) is 220 cm³/mol. The smallest absolute Gasteiger partial charge is 0.134 e. The van der Waals surface area contributed by atoms with Crippen molar-refractivity contribution in [3.05, 3.63) is 138 Å². The van der Waals surface area contributed by atoms with E-state index in [0.29, 0.717) is 17.8 Å². The normalized spacial score (nSPS) is 22.0. The quantitative estimate of drug-likeness (QED) is 0.120. The van der Waals surface area contributed by atoms with Crippen LogP contribution in [0.3, 0.4) is 0 Å². The minimum absolute atomic E-state index is 0.0954. The second-order valence-corrected chi connectivity index (χ2v) is 15.4. The minimum Gasteiger partial charge on any atom is -0.316 e. The molecule has 0 radical (unpaired) electrons. The molecule has 2 N–H and O–H groups in total. The summed E-state index contributed by atoms with van der Waals surface area (Å²) in [5.74, 6) is 1.53. The maximum Gasteiger partial charge on any atom is 0.134 e. The zero-order valence-corrected chi connectivity index (χ0v) is 32.3. The maximum absolute atomic E-state index is 4.88. The fourth-order valence-corrected chi connectivity index (χ4v) is 9.86. The molecule has 266 valence electrons. The summed E-state index contributed by atoms with van der Waals surface area (Å²) in [6, 6.07) is 13.6. The van der Waals surface area contributed by atoms with Gasteiger partial charge >= 0.3 is 0 Å². The summed E-state index contributed by atoms with van der Waals surface area (Å²) in [5.41, 5.74) is 9.01. The van der Waals surface area contributed by atoms with Gasteiger partial charge in [-0.3, -0.25) is 0 Å². The number of unbranched alkanes of at least 4 members (excludes halogenated alkanes) is 4. The van der Waals surface area contributed by atoms with E-state index in [9.17, 15) is 0 Å². The van der Waals surface area contributed by atoms with Gasteiger partial charge in [-0.05, 0) is 71.1 Å². The van der Waals surface area contributed by atoms with Crippen molar-refractivity contribution in [3.63, 3.8) is 0 Å². The van der Waals surface area contributed by atoms with Crippen LogP contribution >= 0.6 is 0 Å². The van der Waals surface area contributed by atoms with Gasteiger partial charge in [0.05, 0.1) is 7.05 Å². The first-order chi connectivity index (χ1) is 24.4. The first kappa shape index (κ1) is 37.8. The molecule has 50 heavy (non-hydrogen) atoms. The molecular formula is C49H66N+. The van der Waals surface area contributed by atoms with Gasteiger partial charge in [0.1, 0.15) is 5.69 Å². The Morgan fingerprint density at radius 1 is 0.840 bits per heavy atom. The van der Waals surface area contributed by atoms with Crippen molar-refractivity contribution in [1.82, 2.24) is 0 Å². The van der Waals surface area contributed by atoms with Crippen LogP contribution in [-0.4, -0.2) is 7.05 Å². The van der Waals surface area contributed by atoms with E-state index in [0.717, 1.165) is 12.8 Å². The van der Waals surface area contributed by atoms with Crippen molar-refractivity contribution >= 4 is 16.5 Å². The van der Waals surface area contributed by atoms with Gasteiger partial charge in [-0.15, -0.1) is 0 Å². The monoisotopic (exact) mass is 669 g/mol. The fraction of sp³-hybridized carbons (Fsp3) is 0.469. The number of quaternary nitrogens is 1. The van der Waals surface area contributed by atoms with E-state index < -0.39 is 0 Å². The van der Waals surface area contributed by atoms with Gasteiger partial charge in [0.15, 0.2) is 0 Å². The van der Waals surface area contributed by atoms with E-state index in [4.69, 9.17) is 6.58 Å². The fourth-order valence-electron chi connectivity index (χ4n) is 9.86. The molecule has 0 saturated heterocycles. The van der Waals surface area contributed by atoms with Crippen molar-refractivity contribution in [2.45, 2.75) is 117 Å². The van der Waals surface area contributed by atoms with E-state index >= 15 is 0 Å². The Balaban J connectivity index is 1.52. The number of rotatable bonds is 18. The highest BCUT2D eigenvalue weighted by molar-refractivity contribution is 5.90. The van der Waals surface area contributed by atoms with E-state index in [1.54, 1.807) is 11.1 Å². The first-order valence-corrected chi connectivity index (χ1v) is 20.2. The summed E-state index contributed by atoms with van der Waals surface area (Å²) in [6.07, 6.45) is 40.7. The van der Waals surface area contributed by atoms with Crippen LogP contribution in [0.15, 0.2) is 132 Å². The molecule has 0 amide bonds. The Morgan fingerprint density at radius 2 is 1.54 bits per heavy atom. The second-order valence-electron chi connectivity index (χ2n) is 15.4. The van der Waals surface area contributed by atoms with Gasteiger partial charge in [0.25, 0.3) is 0 Å². The highest BCUT2D eigenvalue weighted by atomic mass is 14.8. The molecule has 1 saturated carbocycles. The Kier molecular flexibility index (Phi) is 13.4. The summed E-state index contributed by atoms with van der Waals surface area (Å²) < 4.78 is 0. The number of allylic oxidation sites excluding steroid dienone is 15. The first-order valence-electron chi connectivity index (χ1n) is 20.2. The number of hydrogen-bond acceptors (Lipinski definition) is 0. The Bertz CT molecular complexity index is 1670. The molecule has 3 unspecified atom stereocenters. The zero-order valence-electron chi connectivity index (χ0n) is 32.3. The molecule has 0 bridgehead atoms. The van der Waals surface area contributed by atoms with E-state index in [2.05, 4.69) is 150 Å². The lowest BCUT2D eigenvalue weighted by molar-refractivity contribution is -0.540. The molecule has 1 fully saturated rings. The molecule has 2 aromatic carbocycles. The Morgan fingerprint density at radius 3 is 2.22 bits per heavy atom. The van der Waals surface area contributed by atoms with E-state index in [1.165, 1.54) is 97.4 Å². The maximum atomic E-state index is 4.88. The highest BCUT2D eigenvalue weighted by Gasteiger charge is 2.54. The predicted octanol–water partition coefficient (Wildman–Crippen LogP) is 13.1. The molecular weight excluding hydrogens is 603 g/mol. The molecule has 1 nitrogen and oxygen atoms in total. The van der Waals surface area contributed by atoms with Crippen LogP contribution in [0.1, 0.15) is 117 Å². The average molecular weight is 669 g/mol. The van der Waals surface area contributed by atoms with Crippen LogP contribution in [0.25, 0.3) is 10.8 Å². The van der Waals surface area contributed by atoms with Crippen LogP contribution in [0.2, 0.25) is 0 Å². The number of benzene rings is 2. The summed E-state index contributed by atoms with van der Waals surface area (Å²) in [6.45, 7) is 16.7. The standard InChI is InChI=1S/C49H65N/c1-8-12-33-48(34-13-9-2,47-43-27-22-20-25-40(43)30-32-45(47)50-7)37(5)23-17-16-18-28-44-38(6)41-31-29-39-24-19-21-26-42(39)46(41)49(44,35-14-10-3)36-15-11-4/h16-32,38,42,46,50H,5,8-15,33-36H2,1-4,6-7H3/p+1/b18-16+,23-17+,44-28+. The third kappa shape index (κ3) is 7.45. The van der Waals surface area contributed by atoms with Crippen LogP contribution in [0.5, 0.6) is 0 Å². The van der Waals surface area contributed by atoms with E-state index in [-0.39, 0.29) is 10.8 Å². The molecule has 0 spiro atoms. The molecule has 0 aliphatic heterocycles. The topological polar surface area (TPSA) is 16.6 Å². The lowest BCUT2D eigenvalue weighted by Gasteiger charge is -2.43. The van der Waals surface area contributed by atoms with Crippen LogP contribution in [0.4, 0.5) is 5.69 Å². The average Bonchev–Trinajstić information content (AvgIpc) is 3.39. The number of fused-ring (bicyclic) bond motifs is 4. The van der Waals surface area contributed by atoms with Crippen molar-refractivity contribution in [1.29, 1.82) is 0 Å². The summed E-state index contributed by atoms with van der Waals surface area (Å²) in [7, 11) is 2.20. The van der Waals surface area contributed by atoms with Crippen LogP contribution < -0.4 is 5.32 Å². The van der Waals surface area contributed by atoms with Crippen molar-refractivity contribution in [2.24, 2.45) is 23.2 Å². The van der Waals surface area contributed by atoms with Crippen molar-refractivity contribution < 1.29 is 5.32 Å². The minimum atomic E-state index is -0.0954. The molecule has 0 heterocycles. The molecule has 5 rings (SSSR count). The van der Waals surface area contributed by atoms with Crippen LogP contribution in [0, 0.1) is 23.2 Å². The molecule has 0 aromatic heterocycles. The number of nitrogens with two attached hydrogens (primary N) is 1. The van der Waals surface area contributed by atoms with Gasteiger partial charge in [-0.1, -0.05) is 195 Å². The van der Waals surface area contributed by atoms with Gasteiger partial charge in [0.2, 0.25) is 0 Å². The Labute approximate surface area is 305 Å².